The first-order chi connectivity index (χ1) is 12.7. The molecule has 3 heteroatoms. The van der Waals surface area contributed by atoms with Gasteiger partial charge in [-0.3, -0.25) is 9.59 Å². The van der Waals surface area contributed by atoms with E-state index in [1.165, 1.54) is 12.7 Å². The minimum Gasteiger partial charge on any atom is -0.468 e. The molecule has 0 aliphatic heterocycles. The van der Waals surface area contributed by atoms with Gasteiger partial charge in [0.15, 0.2) is 0 Å². The van der Waals surface area contributed by atoms with E-state index >= 15 is 0 Å². The van der Waals surface area contributed by atoms with E-state index < -0.39 is 11.3 Å². The van der Waals surface area contributed by atoms with E-state index in [0.29, 0.717) is 12.8 Å². The van der Waals surface area contributed by atoms with Crippen LogP contribution in [0.4, 0.5) is 0 Å². The molecule has 1 fully saturated rings. The number of hydrogen-bond donors (Lipinski definition) is 0. The van der Waals surface area contributed by atoms with Crippen molar-refractivity contribution in [2.75, 3.05) is 7.11 Å². The quantitative estimate of drug-likeness (QED) is 0.566. The van der Waals surface area contributed by atoms with Crippen molar-refractivity contribution in [1.82, 2.24) is 0 Å². The number of ether oxygens (including phenoxy) is 1. The second-order valence-electron chi connectivity index (χ2n) is 8.68. The van der Waals surface area contributed by atoms with Gasteiger partial charge in [-0.25, -0.2) is 0 Å². The van der Waals surface area contributed by atoms with Crippen LogP contribution in [0.3, 0.4) is 0 Å². The lowest BCUT2D eigenvalue weighted by Gasteiger charge is -2.36. The summed E-state index contributed by atoms with van der Waals surface area (Å²) >= 11 is 0. The number of carbonyl (C=O) groups is 2. The molecule has 0 unspecified atom stereocenters. The average molecular weight is 364 g/mol. The average Bonchev–Trinajstić information content (AvgIpc) is 2.87. The molecule has 0 saturated heterocycles. The molecule has 3 nitrogen and oxygen atoms in total. The number of benzene rings is 1. The molecular formula is C24H28O3. The van der Waals surface area contributed by atoms with E-state index in [1.54, 1.807) is 0 Å². The summed E-state index contributed by atoms with van der Waals surface area (Å²) in [5.41, 5.74) is 1.84. The van der Waals surface area contributed by atoms with Crippen LogP contribution in [0.1, 0.15) is 44.7 Å². The molecule has 2 aliphatic rings. The lowest BCUT2D eigenvalue weighted by Crippen LogP contribution is -2.46. The number of allylic oxidation sites excluding steroid dienone is 5. The number of carbonyl (C=O) groups excluding carboxylic acids is 2. The second-order valence-corrected chi connectivity index (χ2v) is 8.68. The fourth-order valence-electron chi connectivity index (χ4n) is 4.31. The number of Topliss-reactive ketones (excluding diaryl/α,β-unsaturated/α-hetero) is 1. The maximum atomic E-state index is 13.3. The number of ketones is 1. The summed E-state index contributed by atoms with van der Waals surface area (Å²) in [4.78, 5) is 26.4. The molecule has 1 aromatic carbocycles. The van der Waals surface area contributed by atoms with Crippen molar-refractivity contribution >= 4 is 11.8 Å². The molecule has 27 heavy (non-hydrogen) atoms. The van der Waals surface area contributed by atoms with Gasteiger partial charge in [-0.05, 0) is 29.4 Å². The van der Waals surface area contributed by atoms with Crippen molar-refractivity contribution in [2.24, 2.45) is 11.8 Å². The SMILES string of the molecule is C=C1C[C@@H]2C=CC=C[C@@H](C2=O)[C@@](C(=O)OC)(c2ccc(C(C)(C)C)cc2)C1. The van der Waals surface area contributed by atoms with Crippen molar-refractivity contribution in [3.63, 3.8) is 0 Å². The van der Waals surface area contributed by atoms with Gasteiger partial charge in [0.25, 0.3) is 0 Å². The van der Waals surface area contributed by atoms with Gasteiger partial charge in [-0.1, -0.05) is 81.5 Å². The van der Waals surface area contributed by atoms with Crippen LogP contribution >= 0.6 is 0 Å². The molecule has 1 saturated carbocycles. The Morgan fingerprint density at radius 3 is 2.37 bits per heavy atom. The molecule has 0 radical (unpaired) electrons. The van der Waals surface area contributed by atoms with Gasteiger partial charge in [0.05, 0.1) is 13.0 Å². The van der Waals surface area contributed by atoms with Crippen molar-refractivity contribution in [2.45, 2.75) is 44.4 Å². The Kier molecular flexibility index (Phi) is 4.98. The summed E-state index contributed by atoms with van der Waals surface area (Å²) in [6.45, 7) is 10.6. The topological polar surface area (TPSA) is 43.4 Å². The number of rotatable bonds is 2. The fourth-order valence-corrected chi connectivity index (χ4v) is 4.31. The smallest absolute Gasteiger partial charge is 0.317 e. The molecule has 142 valence electrons. The van der Waals surface area contributed by atoms with E-state index in [-0.39, 0.29) is 23.1 Å². The minimum absolute atomic E-state index is 0.0110. The lowest BCUT2D eigenvalue weighted by atomic mass is 9.65. The summed E-state index contributed by atoms with van der Waals surface area (Å²) in [6, 6.07) is 8.05. The molecule has 3 rings (SSSR count). The number of fused-ring (bicyclic) bond motifs is 2. The van der Waals surface area contributed by atoms with Crippen LogP contribution in [0, 0.1) is 11.8 Å². The molecule has 0 aromatic heterocycles. The van der Waals surface area contributed by atoms with E-state index in [4.69, 9.17) is 4.74 Å². The predicted octanol–water partition coefficient (Wildman–Crippen LogP) is 4.67. The van der Waals surface area contributed by atoms with Gasteiger partial charge in [0, 0.05) is 5.92 Å². The van der Waals surface area contributed by atoms with Gasteiger partial charge >= 0.3 is 5.97 Å². The van der Waals surface area contributed by atoms with E-state index in [1.807, 2.05) is 48.6 Å². The summed E-state index contributed by atoms with van der Waals surface area (Å²) in [5, 5.41) is 0. The molecule has 0 spiro atoms. The lowest BCUT2D eigenvalue weighted by molar-refractivity contribution is -0.151. The zero-order valence-corrected chi connectivity index (χ0v) is 16.6. The van der Waals surface area contributed by atoms with Crippen molar-refractivity contribution < 1.29 is 14.3 Å². The zero-order chi connectivity index (χ0) is 19.8. The molecule has 2 bridgehead atoms. The Labute approximate surface area is 161 Å². The predicted molar refractivity (Wildman–Crippen MR) is 107 cm³/mol. The van der Waals surface area contributed by atoms with Crippen LogP contribution in [0.25, 0.3) is 0 Å². The molecule has 0 N–H and O–H groups in total. The summed E-state index contributed by atoms with van der Waals surface area (Å²) in [7, 11) is 1.39. The third kappa shape index (κ3) is 3.31. The Hall–Kier alpha value is -2.42. The maximum absolute atomic E-state index is 13.3. The fraction of sp³-hybridized carbons (Fsp3) is 0.417. The van der Waals surface area contributed by atoms with Crippen LogP contribution in [0.15, 0.2) is 60.7 Å². The van der Waals surface area contributed by atoms with E-state index in [9.17, 15) is 9.59 Å². The maximum Gasteiger partial charge on any atom is 0.317 e. The highest BCUT2D eigenvalue weighted by atomic mass is 16.5. The standard InChI is InChI=1S/C24H28O3/c1-16-14-17-8-6-7-9-20(21(17)25)24(15-16,22(26)27-5)19-12-10-18(11-13-19)23(2,3)4/h6-13,17,20H,1,14-15H2,2-5H3/t17-,20-,24-/m0/s1. The van der Waals surface area contributed by atoms with Crippen LogP contribution in [-0.4, -0.2) is 18.9 Å². The van der Waals surface area contributed by atoms with Gasteiger partial charge in [-0.2, -0.15) is 0 Å². The molecular weight excluding hydrogens is 336 g/mol. The Morgan fingerprint density at radius 2 is 1.78 bits per heavy atom. The summed E-state index contributed by atoms with van der Waals surface area (Å²) in [6.07, 6.45) is 8.53. The van der Waals surface area contributed by atoms with Crippen molar-refractivity contribution in [3.8, 4) is 0 Å². The Balaban J connectivity index is 2.21. The van der Waals surface area contributed by atoms with E-state index in [0.717, 1.165) is 11.1 Å². The number of methoxy groups -OCH3 is 1. The molecule has 0 heterocycles. The first-order valence-electron chi connectivity index (χ1n) is 9.45. The Morgan fingerprint density at radius 1 is 1.15 bits per heavy atom. The van der Waals surface area contributed by atoms with Gasteiger partial charge in [-0.15, -0.1) is 0 Å². The normalized spacial score (nSPS) is 27.9. The largest absolute Gasteiger partial charge is 0.468 e. The molecule has 1 aromatic rings. The number of hydrogen-bond acceptors (Lipinski definition) is 3. The summed E-state index contributed by atoms with van der Waals surface area (Å²) < 4.78 is 5.24. The monoisotopic (exact) mass is 364 g/mol. The Bertz CT molecular complexity index is 820. The highest BCUT2D eigenvalue weighted by Gasteiger charge is 2.53. The van der Waals surface area contributed by atoms with E-state index in [2.05, 4.69) is 27.4 Å². The van der Waals surface area contributed by atoms with Crippen LogP contribution in [0.5, 0.6) is 0 Å². The highest BCUT2D eigenvalue weighted by Crippen LogP contribution is 2.47. The van der Waals surface area contributed by atoms with Crippen LogP contribution < -0.4 is 0 Å². The van der Waals surface area contributed by atoms with Crippen molar-refractivity contribution in [1.29, 1.82) is 0 Å². The van der Waals surface area contributed by atoms with Crippen LogP contribution in [-0.2, 0) is 25.2 Å². The molecule has 0 amide bonds. The van der Waals surface area contributed by atoms with Gasteiger partial charge < -0.3 is 4.74 Å². The molecule has 2 aliphatic carbocycles. The highest BCUT2D eigenvalue weighted by molar-refractivity contribution is 5.97. The van der Waals surface area contributed by atoms with Crippen molar-refractivity contribution in [3.05, 3.63) is 71.8 Å². The third-order valence-corrected chi connectivity index (χ3v) is 5.81. The minimum atomic E-state index is -1.07. The summed E-state index contributed by atoms with van der Waals surface area (Å²) in [5.74, 6) is -1.12. The third-order valence-electron chi connectivity index (χ3n) is 5.81. The first-order valence-corrected chi connectivity index (χ1v) is 9.45. The van der Waals surface area contributed by atoms with Gasteiger partial charge in [0.1, 0.15) is 11.2 Å². The van der Waals surface area contributed by atoms with Gasteiger partial charge in [0.2, 0.25) is 0 Å². The first kappa shape index (κ1) is 19.3. The van der Waals surface area contributed by atoms with Crippen LogP contribution in [0.2, 0.25) is 0 Å². The number of esters is 1. The zero-order valence-electron chi connectivity index (χ0n) is 16.6. The molecule has 3 atom stereocenters. The second kappa shape index (κ2) is 6.95.